The molecule has 1 saturated carbocycles. The van der Waals surface area contributed by atoms with E-state index < -0.39 is 5.97 Å². The fourth-order valence-electron chi connectivity index (χ4n) is 5.29. The minimum Gasteiger partial charge on any atom is -0.497 e. The number of likely N-dealkylation sites (tertiary alicyclic amines) is 1. The Balaban J connectivity index is 1.34. The first kappa shape index (κ1) is 26.4. The lowest BCUT2D eigenvalue weighted by Crippen LogP contribution is -2.47. The van der Waals surface area contributed by atoms with E-state index in [0.29, 0.717) is 25.7 Å². The summed E-state index contributed by atoms with van der Waals surface area (Å²) in [5.41, 5.74) is 3.48. The number of rotatable bonds is 12. The van der Waals surface area contributed by atoms with E-state index in [1.165, 1.54) is 24.8 Å². The number of piperidine rings is 1. The van der Waals surface area contributed by atoms with Gasteiger partial charge in [-0.2, -0.15) is 0 Å². The van der Waals surface area contributed by atoms with Crippen LogP contribution in [0.5, 0.6) is 5.75 Å². The molecule has 2 fully saturated rings. The van der Waals surface area contributed by atoms with Crippen molar-refractivity contribution in [2.75, 3.05) is 26.8 Å². The van der Waals surface area contributed by atoms with Crippen molar-refractivity contribution in [2.45, 2.75) is 69.8 Å². The van der Waals surface area contributed by atoms with Gasteiger partial charge in [-0.1, -0.05) is 55.0 Å². The number of ether oxygens (including phenoxy) is 3. The van der Waals surface area contributed by atoms with Crippen LogP contribution < -0.4 is 4.74 Å². The summed E-state index contributed by atoms with van der Waals surface area (Å²) in [6.45, 7) is 3.33. The van der Waals surface area contributed by atoms with Gasteiger partial charge in [0.05, 0.1) is 32.5 Å². The first-order valence-electron chi connectivity index (χ1n) is 13.2. The smallest absolute Gasteiger partial charge is 0.303 e. The molecular weight excluding hydrogens is 454 g/mol. The number of hydrogen-bond donors (Lipinski definition) is 1. The van der Waals surface area contributed by atoms with Crippen LogP contribution in [-0.4, -0.2) is 61.0 Å². The first-order chi connectivity index (χ1) is 17.6. The lowest BCUT2D eigenvalue weighted by Gasteiger charge is -2.36. The van der Waals surface area contributed by atoms with Crippen LogP contribution in [-0.2, 0) is 20.9 Å². The minimum atomic E-state index is -0.771. The Kier molecular flexibility index (Phi) is 9.96. The van der Waals surface area contributed by atoms with Gasteiger partial charge in [0.25, 0.3) is 0 Å². The molecule has 1 N–H and O–H groups in total. The van der Waals surface area contributed by atoms with Gasteiger partial charge in [0, 0.05) is 12.5 Å². The number of carbonyl (C=O) groups is 1. The third kappa shape index (κ3) is 7.42. The van der Waals surface area contributed by atoms with E-state index in [4.69, 9.17) is 19.3 Å². The lowest BCUT2D eigenvalue weighted by atomic mass is 10.0. The third-order valence-corrected chi connectivity index (χ3v) is 7.27. The highest BCUT2D eigenvalue weighted by molar-refractivity contribution is 5.66. The van der Waals surface area contributed by atoms with E-state index in [0.717, 1.165) is 42.8 Å². The molecule has 0 radical (unpaired) electrons. The average Bonchev–Trinajstić information content (AvgIpc) is 3.32. The highest BCUT2D eigenvalue weighted by Gasteiger charge is 2.41. The number of carboxylic acids is 1. The molecule has 2 aromatic carbocycles. The second-order valence-corrected chi connectivity index (χ2v) is 9.72. The molecule has 1 aliphatic carbocycles. The summed E-state index contributed by atoms with van der Waals surface area (Å²) in [6.07, 6.45) is 10.5. The van der Waals surface area contributed by atoms with Gasteiger partial charge in [-0.05, 0) is 74.0 Å². The Bertz CT molecular complexity index is 966. The van der Waals surface area contributed by atoms with Gasteiger partial charge in [-0.25, -0.2) is 0 Å². The summed E-state index contributed by atoms with van der Waals surface area (Å²) >= 11 is 0. The molecule has 0 bridgehead atoms. The summed E-state index contributed by atoms with van der Waals surface area (Å²) in [5.74, 6) is 0.0859. The lowest BCUT2D eigenvalue weighted by molar-refractivity contribution is -0.136. The molecule has 0 amide bonds. The number of benzene rings is 2. The van der Waals surface area contributed by atoms with Crippen molar-refractivity contribution in [1.29, 1.82) is 0 Å². The molecule has 1 saturated heterocycles. The second kappa shape index (κ2) is 13.6. The molecule has 36 heavy (non-hydrogen) atoms. The van der Waals surface area contributed by atoms with Crippen molar-refractivity contribution in [3.8, 4) is 16.9 Å². The minimum absolute atomic E-state index is 0.0331. The standard InChI is InChI=1S/C30H39NO5/c1-34-26-15-13-25(14-16-26)24-11-9-23(10-12-24)22-36-28-18-17-27(31-19-5-3-6-20-31)30(28)35-21-7-2-4-8-29(32)33/h2,7,9-16,27-28,30H,3-6,8,17-22H2,1H3,(H,32,33). The fraction of sp³-hybridized carbons (Fsp3) is 0.500. The molecule has 2 aliphatic rings. The van der Waals surface area contributed by atoms with Crippen molar-refractivity contribution in [3.63, 3.8) is 0 Å². The quantitative estimate of drug-likeness (QED) is 0.383. The Labute approximate surface area is 214 Å². The van der Waals surface area contributed by atoms with Crippen molar-refractivity contribution in [1.82, 2.24) is 4.90 Å². The maximum atomic E-state index is 10.7. The van der Waals surface area contributed by atoms with Crippen molar-refractivity contribution < 1.29 is 24.1 Å². The third-order valence-electron chi connectivity index (χ3n) is 7.27. The van der Waals surface area contributed by atoms with Crippen LogP contribution in [0.15, 0.2) is 60.7 Å². The maximum absolute atomic E-state index is 10.7. The normalized spacial score (nSPS) is 22.8. The monoisotopic (exact) mass is 493 g/mol. The molecule has 6 heteroatoms. The van der Waals surface area contributed by atoms with E-state index in [2.05, 4.69) is 41.3 Å². The molecule has 0 spiro atoms. The second-order valence-electron chi connectivity index (χ2n) is 9.72. The van der Waals surface area contributed by atoms with Crippen LogP contribution in [0.25, 0.3) is 11.1 Å². The number of hydrogen-bond acceptors (Lipinski definition) is 5. The predicted octanol–water partition coefficient (Wildman–Crippen LogP) is 5.70. The fourth-order valence-corrected chi connectivity index (χ4v) is 5.29. The van der Waals surface area contributed by atoms with Crippen LogP contribution in [0.2, 0.25) is 0 Å². The van der Waals surface area contributed by atoms with E-state index in [-0.39, 0.29) is 18.6 Å². The van der Waals surface area contributed by atoms with Crippen molar-refractivity contribution in [3.05, 3.63) is 66.2 Å². The summed E-state index contributed by atoms with van der Waals surface area (Å²) in [7, 11) is 1.68. The molecule has 1 aliphatic heterocycles. The Morgan fingerprint density at radius 1 is 0.944 bits per heavy atom. The molecule has 0 aromatic heterocycles. The van der Waals surface area contributed by atoms with Crippen LogP contribution in [0, 0.1) is 0 Å². The largest absolute Gasteiger partial charge is 0.497 e. The SMILES string of the molecule is COc1ccc(-c2ccc(COC3CCC(N4CCCCC4)C3OCC=CCCC(=O)O)cc2)cc1. The van der Waals surface area contributed by atoms with E-state index >= 15 is 0 Å². The molecule has 3 atom stereocenters. The van der Waals surface area contributed by atoms with Crippen molar-refractivity contribution >= 4 is 5.97 Å². The van der Waals surface area contributed by atoms with Crippen LogP contribution in [0.1, 0.15) is 50.5 Å². The number of aliphatic carboxylic acids is 1. The van der Waals surface area contributed by atoms with Gasteiger partial charge in [0.1, 0.15) is 5.75 Å². The topological polar surface area (TPSA) is 68.2 Å². The summed E-state index contributed by atoms with van der Waals surface area (Å²) < 4.78 is 18.1. The zero-order valence-corrected chi connectivity index (χ0v) is 21.3. The average molecular weight is 494 g/mol. The van der Waals surface area contributed by atoms with E-state index in [1.54, 1.807) is 7.11 Å². The maximum Gasteiger partial charge on any atom is 0.303 e. The Morgan fingerprint density at radius 2 is 1.64 bits per heavy atom. The molecule has 2 aromatic rings. The van der Waals surface area contributed by atoms with Gasteiger partial charge in [0.15, 0.2) is 0 Å². The van der Waals surface area contributed by atoms with Gasteiger partial charge in [-0.15, -0.1) is 0 Å². The zero-order valence-electron chi connectivity index (χ0n) is 21.3. The van der Waals surface area contributed by atoms with E-state index in [1.807, 2.05) is 24.3 Å². The molecule has 3 unspecified atom stereocenters. The van der Waals surface area contributed by atoms with Crippen LogP contribution >= 0.6 is 0 Å². The van der Waals surface area contributed by atoms with Gasteiger partial charge >= 0.3 is 5.97 Å². The number of carboxylic acid groups (broad SMARTS) is 1. The number of methoxy groups -OCH3 is 1. The zero-order chi connectivity index (χ0) is 25.2. The first-order valence-corrected chi connectivity index (χ1v) is 13.2. The van der Waals surface area contributed by atoms with Crippen LogP contribution in [0.3, 0.4) is 0 Å². The highest BCUT2D eigenvalue weighted by Crippen LogP contribution is 2.32. The van der Waals surface area contributed by atoms with Gasteiger partial charge in [0.2, 0.25) is 0 Å². The number of allylic oxidation sites excluding steroid dienone is 1. The predicted molar refractivity (Wildman–Crippen MR) is 141 cm³/mol. The summed E-state index contributed by atoms with van der Waals surface area (Å²) in [6, 6.07) is 17.0. The Morgan fingerprint density at radius 3 is 2.31 bits per heavy atom. The Hall–Kier alpha value is -2.67. The van der Waals surface area contributed by atoms with Crippen LogP contribution in [0.4, 0.5) is 0 Å². The van der Waals surface area contributed by atoms with E-state index in [9.17, 15) is 4.79 Å². The molecule has 6 nitrogen and oxygen atoms in total. The molecule has 194 valence electrons. The summed E-state index contributed by atoms with van der Waals surface area (Å²) in [4.78, 5) is 13.3. The molecule has 4 rings (SSSR count). The van der Waals surface area contributed by atoms with Gasteiger partial charge in [-0.3, -0.25) is 9.69 Å². The van der Waals surface area contributed by atoms with Crippen molar-refractivity contribution in [2.24, 2.45) is 0 Å². The summed E-state index contributed by atoms with van der Waals surface area (Å²) in [5, 5.41) is 8.81. The van der Waals surface area contributed by atoms with Gasteiger partial charge < -0.3 is 19.3 Å². The molecule has 1 heterocycles. The number of nitrogens with zero attached hydrogens (tertiary/aromatic N) is 1. The molecular formula is C30H39NO5. The highest BCUT2D eigenvalue weighted by atomic mass is 16.5.